The lowest BCUT2D eigenvalue weighted by molar-refractivity contribution is 0.0978. The molecular formula is C12H16O2. The van der Waals surface area contributed by atoms with Gasteiger partial charge in [-0.25, -0.2) is 0 Å². The molecule has 0 bridgehead atoms. The number of Topliss-reactive ketones (excluding diaryl/α,β-unsaturated/α-hetero) is 1. The molecule has 1 rings (SSSR count). The fourth-order valence-corrected chi connectivity index (χ4v) is 1.34. The maximum atomic E-state index is 11.5. The zero-order valence-electron chi connectivity index (χ0n) is 8.28. The van der Waals surface area contributed by atoms with E-state index in [1.165, 1.54) is 0 Å². The Hall–Kier alpha value is -1.15. The van der Waals surface area contributed by atoms with Gasteiger partial charge in [0.15, 0.2) is 5.78 Å². The molecule has 1 aromatic rings. The molecule has 0 aliphatic rings. The number of carbonyl (C=O) groups excluding carboxylic acids is 1. The quantitative estimate of drug-likeness (QED) is 0.555. The van der Waals surface area contributed by atoms with Crippen LogP contribution in [0.5, 0.6) is 0 Å². The Balaban J connectivity index is 2.29. The Labute approximate surface area is 84.6 Å². The van der Waals surface area contributed by atoms with Crippen molar-refractivity contribution in [2.45, 2.75) is 25.7 Å². The zero-order chi connectivity index (χ0) is 10.2. The first-order chi connectivity index (χ1) is 6.84. The van der Waals surface area contributed by atoms with E-state index < -0.39 is 0 Å². The van der Waals surface area contributed by atoms with Crippen molar-refractivity contribution in [2.24, 2.45) is 0 Å². The molecule has 0 aliphatic heterocycles. The van der Waals surface area contributed by atoms with Crippen LogP contribution >= 0.6 is 0 Å². The van der Waals surface area contributed by atoms with Crippen LogP contribution in [-0.4, -0.2) is 17.5 Å². The van der Waals surface area contributed by atoms with Gasteiger partial charge in [-0.3, -0.25) is 4.79 Å². The summed E-state index contributed by atoms with van der Waals surface area (Å²) in [6.45, 7) is 0.222. The van der Waals surface area contributed by atoms with Gasteiger partial charge in [-0.1, -0.05) is 36.8 Å². The molecule has 1 aromatic carbocycles. The third-order valence-corrected chi connectivity index (χ3v) is 2.16. The highest BCUT2D eigenvalue weighted by Crippen LogP contribution is 2.07. The molecule has 0 aromatic heterocycles. The Morgan fingerprint density at radius 1 is 1.07 bits per heavy atom. The summed E-state index contributed by atoms with van der Waals surface area (Å²) in [6, 6.07) is 9.34. The summed E-state index contributed by atoms with van der Waals surface area (Å²) in [5, 5.41) is 8.56. The molecule has 0 radical (unpaired) electrons. The van der Waals surface area contributed by atoms with Gasteiger partial charge < -0.3 is 5.11 Å². The molecule has 0 spiro atoms. The van der Waals surface area contributed by atoms with E-state index in [9.17, 15) is 4.79 Å². The predicted molar refractivity (Wildman–Crippen MR) is 56.3 cm³/mol. The fraction of sp³-hybridized carbons (Fsp3) is 0.417. The van der Waals surface area contributed by atoms with Crippen molar-refractivity contribution >= 4 is 5.78 Å². The van der Waals surface area contributed by atoms with Crippen molar-refractivity contribution < 1.29 is 9.90 Å². The van der Waals surface area contributed by atoms with E-state index in [4.69, 9.17) is 5.11 Å². The monoisotopic (exact) mass is 192 g/mol. The van der Waals surface area contributed by atoms with E-state index >= 15 is 0 Å². The molecule has 0 atom stereocenters. The number of carbonyl (C=O) groups is 1. The van der Waals surface area contributed by atoms with E-state index in [-0.39, 0.29) is 12.4 Å². The van der Waals surface area contributed by atoms with E-state index in [1.807, 2.05) is 30.3 Å². The Morgan fingerprint density at radius 3 is 2.43 bits per heavy atom. The normalized spacial score (nSPS) is 10.1. The SMILES string of the molecule is O=C(CCCCCO)c1ccccc1. The molecular weight excluding hydrogens is 176 g/mol. The first-order valence-corrected chi connectivity index (χ1v) is 5.03. The van der Waals surface area contributed by atoms with Crippen LogP contribution in [0.2, 0.25) is 0 Å². The molecule has 0 saturated carbocycles. The maximum absolute atomic E-state index is 11.5. The minimum absolute atomic E-state index is 0.198. The van der Waals surface area contributed by atoms with E-state index in [0.717, 1.165) is 24.8 Å². The number of aliphatic hydroxyl groups is 1. The molecule has 0 saturated heterocycles. The van der Waals surface area contributed by atoms with Crippen LogP contribution in [-0.2, 0) is 0 Å². The number of aliphatic hydroxyl groups excluding tert-OH is 1. The highest BCUT2D eigenvalue weighted by molar-refractivity contribution is 5.95. The highest BCUT2D eigenvalue weighted by atomic mass is 16.2. The molecule has 2 heteroatoms. The molecule has 14 heavy (non-hydrogen) atoms. The van der Waals surface area contributed by atoms with Crippen molar-refractivity contribution in [3.8, 4) is 0 Å². The third-order valence-electron chi connectivity index (χ3n) is 2.16. The number of hydrogen-bond acceptors (Lipinski definition) is 2. The Bertz CT molecular complexity index is 267. The predicted octanol–water partition coefficient (Wildman–Crippen LogP) is 2.42. The second-order valence-corrected chi connectivity index (χ2v) is 3.32. The van der Waals surface area contributed by atoms with Gasteiger partial charge in [0, 0.05) is 18.6 Å². The number of benzene rings is 1. The van der Waals surface area contributed by atoms with E-state index in [2.05, 4.69) is 0 Å². The highest BCUT2D eigenvalue weighted by Gasteiger charge is 2.03. The molecule has 0 unspecified atom stereocenters. The minimum Gasteiger partial charge on any atom is -0.396 e. The summed E-state index contributed by atoms with van der Waals surface area (Å²) < 4.78 is 0. The van der Waals surface area contributed by atoms with E-state index in [0.29, 0.717) is 6.42 Å². The van der Waals surface area contributed by atoms with Gasteiger partial charge in [0.1, 0.15) is 0 Å². The van der Waals surface area contributed by atoms with Crippen LogP contribution in [0.4, 0.5) is 0 Å². The molecule has 76 valence electrons. The molecule has 0 fully saturated rings. The summed E-state index contributed by atoms with van der Waals surface area (Å²) in [6.07, 6.45) is 3.18. The fourth-order valence-electron chi connectivity index (χ4n) is 1.34. The first kappa shape index (κ1) is 10.9. The summed E-state index contributed by atoms with van der Waals surface area (Å²) in [4.78, 5) is 11.5. The maximum Gasteiger partial charge on any atom is 0.162 e. The van der Waals surface area contributed by atoms with Gasteiger partial charge in [0.2, 0.25) is 0 Å². The largest absolute Gasteiger partial charge is 0.396 e. The topological polar surface area (TPSA) is 37.3 Å². The molecule has 2 nitrogen and oxygen atoms in total. The van der Waals surface area contributed by atoms with Crippen molar-refractivity contribution in [1.29, 1.82) is 0 Å². The first-order valence-electron chi connectivity index (χ1n) is 5.03. The van der Waals surface area contributed by atoms with Crippen LogP contribution in [0.1, 0.15) is 36.0 Å². The number of hydrogen-bond donors (Lipinski definition) is 1. The molecule has 0 aliphatic carbocycles. The van der Waals surface area contributed by atoms with Crippen molar-refractivity contribution in [3.63, 3.8) is 0 Å². The summed E-state index contributed by atoms with van der Waals surface area (Å²) in [7, 11) is 0. The van der Waals surface area contributed by atoms with Crippen LogP contribution in [0.3, 0.4) is 0 Å². The Kier molecular flexibility index (Phi) is 4.94. The summed E-state index contributed by atoms with van der Waals surface area (Å²) in [5.74, 6) is 0.198. The molecule has 1 N–H and O–H groups in total. The average molecular weight is 192 g/mol. The second kappa shape index (κ2) is 6.33. The smallest absolute Gasteiger partial charge is 0.162 e. The van der Waals surface area contributed by atoms with Gasteiger partial charge in [0.25, 0.3) is 0 Å². The summed E-state index contributed by atoms with van der Waals surface area (Å²) >= 11 is 0. The molecule has 0 amide bonds. The van der Waals surface area contributed by atoms with Crippen LogP contribution < -0.4 is 0 Å². The van der Waals surface area contributed by atoms with Crippen molar-refractivity contribution in [3.05, 3.63) is 35.9 Å². The van der Waals surface area contributed by atoms with Crippen LogP contribution in [0, 0.1) is 0 Å². The van der Waals surface area contributed by atoms with Gasteiger partial charge >= 0.3 is 0 Å². The summed E-state index contributed by atoms with van der Waals surface area (Å²) in [5.41, 5.74) is 0.788. The average Bonchev–Trinajstić information content (AvgIpc) is 2.25. The van der Waals surface area contributed by atoms with Crippen molar-refractivity contribution in [1.82, 2.24) is 0 Å². The lowest BCUT2D eigenvalue weighted by Crippen LogP contribution is -1.98. The standard InChI is InChI=1S/C12H16O2/c13-10-6-2-5-9-12(14)11-7-3-1-4-8-11/h1,3-4,7-8,13H,2,5-6,9-10H2. The van der Waals surface area contributed by atoms with Crippen LogP contribution in [0.25, 0.3) is 0 Å². The zero-order valence-corrected chi connectivity index (χ0v) is 8.28. The number of rotatable bonds is 6. The Morgan fingerprint density at radius 2 is 1.79 bits per heavy atom. The van der Waals surface area contributed by atoms with Crippen molar-refractivity contribution in [2.75, 3.05) is 6.61 Å². The van der Waals surface area contributed by atoms with Gasteiger partial charge in [-0.05, 0) is 12.8 Å². The number of ketones is 1. The third kappa shape index (κ3) is 3.71. The second-order valence-electron chi connectivity index (χ2n) is 3.32. The number of unbranched alkanes of at least 4 members (excludes halogenated alkanes) is 2. The van der Waals surface area contributed by atoms with Crippen LogP contribution in [0.15, 0.2) is 30.3 Å². The lowest BCUT2D eigenvalue weighted by atomic mass is 10.1. The van der Waals surface area contributed by atoms with Gasteiger partial charge in [-0.15, -0.1) is 0 Å². The van der Waals surface area contributed by atoms with E-state index in [1.54, 1.807) is 0 Å². The van der Waals surface area contributed by atoms with Gasteiger partial charge in [0.05, 0.1) is 0 Å². The lowest BCUT2D eigenvalue weighted by Gasteiger charge is -1.99. The minimum atomic E-state index is 0.198. The molecule has 0 heterocycles. The van der Waals surface area contributed by atoms with Gasteiger partial charge in [-0.2, -0.15) is 0 Å².